The van der Waals surface area contributed by atoms with Gasteiger partial charge in [0, 0.05) is 22.4 Å². The van der Waals surface area contributed by atoms with Crippen molar-refractivity contribution in [2.45, 2.75) is 37.7 Å². The largest absolute Gasteiger partial charge is 0.481 e. The van der Waals surface area contributed by atoms with Crippen LogP contribution in [-0.4, -0.2) is 18.3 Å². The van der Waals surface area contributed by atoms with Crippen LogP contribution in [0.3, 0.4) is 0 Å². The highest BCUT2D eigenvalue weighted by Gasteiger charge is 2.17. The Hall–Kier alpha value is -2.73. The molecule has 0 aliphatic carbocycles. The second kappa shape index (κ2) is 8.97. The monoisotopic (exact) mass is 397 g/mol. The summed E-state index contributed by atoms with van der Waals surface area (Å²) in [5.41, 5.74) is 1.80. The van der Waals surface area contributed by atoms with Gasteiger partial charge in [0.25, 0.3) is 5.91 Å². The molecule has 0 fully saturated rings. The maximum absolute atomic E-state index is 12.5. The fourth-order valence-electron chi connectivity index (χ4n) is 3.00. The Balaban J connectivity index is 1.78. The van der Waals surface area contributed by atoms with Crippen LogP contribution in [0, 0.1) is 0 Å². The van der Waals surface area contributed by atoms with Gasteiger partial charge in [0.15, 0.2) is 6.10 Å². The molecule has 0 bridgehead atoms. The highest BCUT2D eigenvalue weighted by atomic mass is 32.2. The van der Waals surface area contributed by atoms with Crippen molar-refractivity contribution in [1.82, 2.24) is 0 Å². The molecule has 1 N–H and O–H groups in total. The fourth-order valence-corrected chi connectivity index (χ4v) is 3.55. The highest BCUT2D eigenvalue weighted by Crippen LogP contribution is 2.26. The highest BCUT2D eigenvalue weighted by molar-refractivity contribution is 7.98. The predicted octanol–water partition coefficient (Wildman–Crippen LogP) is 4.87. The van der Waals surface area contributed by atoms with Crippen LogP contribution in [0.5, 0.6) is 5.75 Å². The van der Waals surface area contributed by atoms with Crippen molar-refractivity contribution in [2.24, 2.45) is 0 Å². The van der Waals surface area contributed by atoms with Crippen LogP contribution in [0.2, 0.25) is 0 Å². The molecule has 0 aliphatic rings. The molecular formula is C22H23NO4S. The van der Waals surface area contributed by atoms with E-state index >= 15 is 0 Å². The number of thioether (sulfide) groups is 1. The quantitative estimate of drug-likeness (QED) is 0.455. The molecule has 3 rings (SSSR count). The number of carbonyl (C=O) groups excluding carboxylic acids is 1. The van der Waals surface area contributed by atoms with Gasteiger partial charge in [-0.1, -0.05) is 25.5 Å². The Bertz CT molecular complexity index is 1040. The van der Waals surface area contributed by atoms with Crippen LogP contribution in [0.25, 0.3) is 11.0 Å². The molecule has 1 heterocycles. The molecule has 0 spiro atoms. The van der Waals surface area contributed by atoms with Crippen molar-refractivity contribution in [3.05, 3.63) is 64.5 Å². The van der Waals surface area contributed by atoms with E-state index in [9.17, 15) is 9.59 Å². The first kappa shape index (κ1) is 20.0. The molecule has 0 saturated heterocycles. The smallest absolute Gasteiger partial charge is 0.336 e. The first-order valence-corrected chi connectivity index (χ1v) is 10.4. The van der Waals surface area contributed by atoms with Crippen LogP contribution >= 0.6 is 11.8 Å². The zero-order valence-corrected chi connectivity index (χ0v) is 17.0. The van der Waals surface area contributed by atoms with Gasteiger partial charge in [-0.25, -0.2) is 4.79 Å². The summed E-state index contributed by atoms with van der Waals surface area (Å²) in [5, 5.41) is 3.78. The van der Waals surface area contributed by atoms with E-state index in [2.05, 4.69) is 12.2 Å². The Labute approximate surface area is 168 Å². The van der Waals surface area contributed by atoms with Crippen LogP contribution in [0.1, 0.15) is 25.8 Å². The fraction of sp³-hybridized carbons (Fsp3) is 0.273. The first-order chi connectivity index (χ1) is 13.5. The minimum absolute atomic E-state index is 0.247. The molecule has 0 aliphatic heterocycles. The summed E-state index contributed by atoms with van der Waals surface area (Å²) in [6.07, 6.45) is 2.99. The van der Waals surface area contributed by atoms with E-state index in [0.29, 0.717) is 11.3 Å². The zero-order valence-electron chi connectivity index (χ0n) is 16.2. The Morgan fingerprint density at radius 1 is 1.21 bits per heavy atom. The lowest BCUT2D eigenvalue weighted by molar-refractivity contribution is -0.122. The van der Waals surface area contributed by atoms with Crippen LogP contribution in [0.15, 0.2) is 62.6 Å². The zero-order chi connectivity index (χ0) is 20.1. The second-order valence-electron chi connectivity index (χ2n) is 6.45. The minimum Gasteiger partial charge on any atom is -0.481 e. The van der Waals surface area contributed by atoms with Crippen LogP contribution < -0.4 is 15.7 Å². The van der Waals surface area contributed by atoms with E-state index in [1.807, 2.05) is 36.6 Å². The van der Waals surface area contributed by atoms with Crippen molar-refractivity contribution >= 4 is 34.3 Å². The van der Waals surface area contributed by atoms with Gasteiger partial charge in [0.1, 0.15) is 11.3 Å². The van der Waals surface area contributed by atoms with Crippen LogP contribution in [0.4, 0.5) is 5.69 Å². The summed E-state index contributed by atoms with van der Waals surface area (Å²) < 4.78 is 11.1. The molecule has 146 valence electrons. The first-order valence-electron chi connectivity index (χ1n) is 9.19. The van der Waals surface area contributed by atoms with Gasteiger partial charge in [-0.3, -0.25) is 4.79 Å². The van der Waals surface area contributed by atoms with Crippen molar-refractivity contribution in [1.29, 1.82) is 0 Å². The van der Waals surface area contributed by atoms with E-state index in [-0.39, 0.29) is 11.5 Å². The Morgan fingerprint density at radius 2 is 2.00 bits per heavy atom. The molecule has 3 aromatic rings. The van der Waals surface area contributed by atoms with E-state index in [1.54, 1.807) is 30.8 Å². The average Bonchev–Trinajstić information content (AvgIpc) is 2.68. The van der Waals surface area contributed by atoms with Gasteiger partial charge in [-0.15, -0.1) is 11.8 Å². The number of nitrogens with one attached hydrogen (secondary N) is 1. The summed E-state index contributed by atoms with van der Waals surface area (Å²) >= 11 is 1.56. The lowest BCUT2D eigenvalue weighted by Crippen LogP contribution is -2.30. The second-order valence-corrected chi connectivity index (χ2v) is 7.30. The number of ether oxygens (including phenoxy) is 1. The summed E-state index contributed by atoms with van der Waals surface area (Å²) in [4.78, 5) is 25.3. The lowest BCUT2D eigenvalue weighted by Gasteiger charge is -2.16. The maximum Gasteiger partial charge on any atom is 0.336 e. The molecule has 1 amide bonds. The van der Waals surface area contributed by atoms with E-state index < -0.39 is 6.10 Å². The van der Waals surface area contributed by atoms with Crippen molar-refractivity contribution in [2.75, 3.05) is 11.6 Å². The Kier molecular flexibility index (Phi) is 6.41. The third-order valence-corrected chi connectivity index (χ3v) is 5.16. The minimum atomic E-state index is -0.710. The molecule has 0 radical (unpaired) electrons. The molecular weight excluding hydrogens is 374 g/mol. The normalized spacial score (nSPS) is 12.0. The maximum atomic E-state index is 12.5. The number of carbonyl (C=O) groups is 1. The number of benzene rings is 2. The molecule has 1 unspecified atom stereocenters. The number of rotatable bonds is 7. The molecule has 0 saturated carbocycles. The third-order valence-electron chi connectivity index (χ3n) is 4.37. The van der Waals surface area contributed by atoms with Crippen molar-refractivity contribution in [3.63, 3.8) is 0 Å². The summed E-state index contributed by atoms with van der Waals surface area (Å²) in [6, 6.07) is 14.5. The number of amides is 1. The summed E-state index contributed by atoms with van der Waals surface area (Å²) in [5.74, 6) is 0.230. The van der Waals surface area contributed by atoms with Crippen molar-refractivity contribution < 1.29 is 13.9 Å². The van der Waals surface area contributed by atoms with Gasteiger partial charge in [0.05, 0.1) is 5.69 Å². The predicted molar refractivity (Wildman–Crippen MR) is 113 cm³/mol. The van der Waals surface area contributed by atoms with Gasteiger partial charge < -0.3 is 14.5 Å². The number of para-hydroxylation sites is 1. The lowest BCUT2D eigenvalue weighted by atomic mass is 10.1. The molecule has 1 atom stereocenters. The standard InChI is InChI=1S/C22H23NO4S/c1-4-7-15-12-21(24)27-19-13-16(10-11-17(15)19)26-14(2)22(25)23-18-8-5-6-9-20(18)28-3/h5-6,8-14H,4,7H2,1-3H3,(H,23,25). The molecule has 1 aromatic heterocycles. The topological polar surface area (TPSA) is 68.5 Å². The van der Waals surface area contributed by atoms with Gasteiger partial charge in [0.2, 0.25) is 0 Å². The number of hydrogen-bond donors (Lipinski definition) is 1. The molecule has 28 heavy (non-hydrogen) atoms. The average molecular weight is 397 g/mol. The summed E-state index contributed by atoms with van der Waals surface area (Å²) in [7, 11) is 0. The SMILES string of the molecule is CCCc1cc(=O)oc2cc(OC(C)C(=O)Nc3ccccc3SC)ccc12. The van der Waals surface area contributed by atoms with Gasteiger partial charge >= 0.3 is 5.63 Å². The molecule has 6 heteroatoms. The number of hydrogen-bond acceptors (Lipinski definition) is 5. The molecule has 5 nitrogen and oxygen atoms in total. The number of aryl methyl sites for hydroxylation is 1. The van der Waals surface area contributed by atoms with E-state index in [0.717, 1.165) is 34.4 Å². The van der Waals surface area contributed by atoms with Crippen molar-refractivity contribution in [3.8, 4) is 5.75 Å². The third kappa shape index (κ3) is 4.57. The number of anilines is 1. The summed E-state index contributed by atoms with van der Waals surface area (Å²) in [6.45, 7) is 3.75. The van der Waals surface area contributed by atoms with Crippen LogP contribution in [-0.2, 0) is 11.2 Å². The van der Waals surface area contributed by atoms with Gasteiger partial charge in [-0.05, 0) is 49.4 Å². The van der Waals surface area contributed by atoms with E-state index in [4.69, 9.17) is 9.15 Å². The molecule has 2 aromatic carbocycles. The van der Waals surface area contributed by atoms with Gasteiger partial charge in [-0.2, -0.15) is 0 Å². The Morgan fingerprint density at radius 3 is 2.75 bits per heavy atom. The number of fused-ring (bicyclic) bond motifs is 1. The van der Waals surface area contributed by atoms with E-state index in [1.165, 1.54) is 6.07 Å².